The zero-order valence-electron chi connectivity index (χ0n) is 12.8. The number of carbonyl (C=O) groups is 2. The predicted octanol–water partition coefficient (Wildman–Crippen LogP) is 2.60. The third-order valence-electron chi connectivity index (χ3n) is 4.09. The molecule has 2 aromatic rings. The topological polar surface area (TPSA) is 84.2 Å². The van der Waals surface area contributed by atoms with Crippen molar-refractivity contribution in [3.63, 3.8) is 0 Å². The van der Waals surface area contributed by atoms with E-state index < -0.39 is 11.5 Å². The van der Waals surface area contributed by atoms with Crippen LogP contribution in [0.25, 0.3) is 5.69 Å². The van der Waals surface area contributed by atoms with Gasteiger partial charge < -0.3 is 10.4 Å². The molecule has 1 aromatic carbocycles. The summed E-state index contributed by atoms with van der Waals surface area (Å²) in [4.78, 5) is 23.3. The van der Waals surface area contributed by atoms with E-state index in [1.165, 1.54) is 0 Å². The van der Waals surface area contributed by atoms with Crippen LogP contribution in [0.2, 0.25) is 0 Å². The second-order valence-corrected chi connectivity index (χ2v) is 6.58. The van der Waals surface area contributed by atoms with Crippen LogP contribution in [0.1, 0.15) is 34.6 Å². The maximum Gasteiger partial charge on any atom is 0.329 e. The van der Waals surface area contributed by atoms with Gasteiger partial charge in [0.2, 0.25) is 0 Å². The molecule has 6 nitrogen and oxygen atoms in total. The van der Waals surface area contributed by atoms with Crippen molar-refractivity contribution in [2.75, 3.05) is 0 Å². The van der Waals surface area contributed by atoms with Crippen LogP contribution in [0.3, 0.4) is 0 Å². The number of hydrogen-bond acceptors (Lipinski definition) is 3. The number of nitrogens with one attached hydrogen (secondary N) is 1. The first-order chi connectivity index (χ1) is 10.8. The maximum absolute atomic E-state index is 12.2. The number of carbonyl (C=O) groups excluding carboxylic acids is 1. The number of carboxylic acid groups (broad SMARTS) is 1. The van der Waals surface area contributed by atoms with Gasteiger partial charge in [0.1, 0.15) is 5.54 Å². The quantitative estimate of drug-likeness (QED) is 0.857. The fourth-order valence-electron chi connectivity index (χ4n) is 2.44. The smallest absolute Gasteiger partial charge is 0.329 e. The lowest BCUT2D eigenvalue weighted by molar-refractivity contribution is -0.140. The number of hydrogen-bond donors (Lipinski definition) is 2. The molecule has 0 aliphatic heterocycles. The summed E-state index contributed by atoms with van der Waals surface area (Å²) < 4.78 is 2.75. The zero-order chi connectivity index (χ0) is 16.8. The Hall–Kier alpha value is -2.15. The van der Waals surface area contributed by atoms with Crippen molar-refractivity contribution in [2.45, 2.75) is 32.2 Å². The second kappa shape index (κ2) is 5.49. The van der Waals surface area contributed by atoms with E-state index in [1.54, 1.807) is 28.9 Å². The van der Waals surface area contributed by atoms with Crippen LogP contribution >= 0.6 is 15.9 Å². The van der Waals surface area contributed by atoms with E-state index in [2.05, 4.69) is 26.3 Å². The molecule has 23 heavy (non-hydrogen) atoms. The Morgan fingerprint density at radius 3 is 2.30 bits per heavy atom. The summed E-state index contributed by atoms with van der Waals surface area (Å²) in [6.45, 7) is 3.87. The van der Waals surface area contributed by atoms with Crippen molar-refractivity contribution in [1.82, 2.24) is 15.1 Å². The first-order valence-corrected chi connectivity index (χ1v) is 8.01. The van der Waals surface area contributed by atoms with Gasteiger partial charge in [-0.05, 0) is 66.9 Å². The molecular weight excluding hydrogens is 362 g/mol. The average Bonchev–Trinajstić information content (AvgIpc) is 3.27. The Morgan fingerprint density at radius 1 is 1.26 bits per heavy atom. The van der Waals surface area contributed by atoms with E-state index >= 15 is 0 Å². The molecule has 2 N–H and O–H groups in total. The lowest BCUT2D eigenvalue weighted by Crippen LogP contribution is -2.43. The Labute approximate surface area is 141 Å². The monoisotopic (exact) mass is 377 g/mol. The second-order valence-electron chi connectivity index (χ2n) is 5.78. The third kappa shape index (κ3) is 2.76. The van der Waals surface area contributed by atoms with Gasteiger partial charge in [0.15, 0.2) is 0 Å². The summed E-state index contributed by atoms with van der Waals surface area (Å²) in [6, 6.07) is 6.93. The fourth-order valence-corrected chi connectivity index (χ4v) is 2.68. The summed E-state index contributed by atoms with van der Waals surface area (Å²) in [7, 11) is 0. The van der Waals surface area contributed by atoms with Crippen molar-refractivity contribution in [1.29, 1.82) is 0 Å². The minimum Gasteiger partial charge on any atom is -0.480 e. The summed E-state index contributed by atoms with van der Waals surface area (Å²) in [5, 5.41) is 16.2. The largest absolute Gasteiger partial charge is 0.480 e. The molecule has 0 atom stereocenters. The van der Waals surface area contributed by atoms with E-state index in [-0.39, 0.29) is 5.91 Å². The average molecular weight is 378 g/mol. The lowest BCUT2D eigenvalue weighted by Gasteiger charge is -2.12. The molecule has 1 aliphatic carbocycles. The highest BCUT2D eigenvalue weighted by Gasteiger charge is 2.51. The van der Waals surface area contributed by atoms with Crippen LogP contribution in [0.4, 0.5) is 0 Å². The molecule has 0 saturated heterocycles. The van der Waals surface area contributed by atoms with Crippen LogP contribution in [0.5, 0.6) is 0 Å². The predicted molar refractivity (Wildman–Crippen MR) is 87.8 cm³/mol. The molecule has 0 radical (unpaired) electrons. The van der Waals surface area contributed by atoms with Gasteiger partial charge in [0.25, 0.3) is 5.91 Å². The Bertz CT molecular complexity index is 792. The molecule has 7 heteroatoms. The van der Waals surface area contributed by atoms with Gasteiger partial charge in [0, 0.05) is 5.56 Å². The normalized spacial score (nSPS) is 15.3. The number of amides is 1. The van der Waals surface area contributed by atoms with Gasteiger partial charge in [-0.2, -0.15) is 5.10 Å². The maximum atomic E-state index is 12.2. The van der Waals surface area contributed by atoms with Crippen LogP contribution in [-0.4, -0.2) is 32.3 Å². The number of aromatic nitrogens is 2. The highest BCUT2D eigenvalue weighted by Crippen LogP contribution is 2.35. The minimum atomic E-state index is -1.07. The van der Waals surface area contributed by atoms with Gasteiger partial charge in [-0.25, -0.2) is 9.48 Å². The molecular formula is C16H16BrN3O3. The first kappa shape index (κ1) is 15.7. The van der Waals surface area contributed by atoms with E-state index in [4.69, 9.17) is 5.11 Å². The van der Waals surface area contributed by atoms with Crippen LogP contribution in [-0.2, 0) is 4.79 Å². The van der Waals surface area contributed by atoms with Crippen LogP contribution < -0.4 is 5.32 Å². The standard InChI is InChI=1S/C16H16BrN3O3/c1-9-13(17)10(2)20(19-9)12-5-3-11(4-6-12)14(21)18-16(7-8-16)15(22)23/h3-6H,7-8H2,1-2H3,(H,18,21)(H,22,23). The lowest BCUT2D eigenvalue weighted by atomic mass is 10.1. The van der Waals surface area contributed by atoms with Crippen LogP contribution in [0, 0.1) is 13.8 Å². The Kier molecular flexibility index (Phi) is 3.75. The summed E-state index contributed by atoms with van der Waals surface area (Å²) in [5.41, 5.74) is 2.06. The molecule has 0 spiro atoms. The number of benzene rings is 1. The van der Waals surface area contributed by atoms with Gasteiger partial charge in [-0.3, -0.25) is 4.79 Å². The van der Waals surface area contributed by atoms with Gasteiger partial charge in [0.05, 0.1) is 21.5 Å². The molecule has 120 valence electrons. The fraction of sp³-hybridized carbons (Fsp3) is 0.312. The van der Waals surface area contributed by atoms with E-state index in [0.29, 0.717) is 18.4 Å². The minimum absolute atomic E-state index is 0.369. The Balaban J connectivity index is 1.81. The van der Waals surface area contributed by atoms with Crippen molar-refractivity contribution < 1.29 is 14.7 Å². The highest BCUT2D eigenvalue weighted by atomic mass is 79.9. The Morgan fingerprint density at radius 2 is 1.87 bits per heavy atom. The SMILES string of the molecule is Cc1nn(-c2ccc(C(=O)NC3(C(=O)O)CC3)cc2)c(C)c1Br. The zero-order valence-corrected chi connectivity index (χ0v) is 14.3. The van der Waals surface area contributed by atoms with Crippen molar-refractivity contribution >= 4 is 27.8 Å². The number of aryl methyl sites for hydroxylation is 1. The molecule has 0 bridgehead atoms. The third-order valence-corrected chi connectivity index (χ3v) is 5.24. The van der Waals surface area contributed by atoms with Crippen molar-refractivity contribution in [3.05, 3.63) is 45.7 Å². The summed E-state index contributed by atoms with van der Waals surface area (Å²) in [5.74, 6) is -1.35. The first-order valence-electron chi connectivity index (χ1n) is 7.22. The molecule has 1 amide bonds. The van der Waals surface area contributed by atoms with Crippen LogP contribution in [0.15, 0.2) is 28.7 Å². The van der Waals surface area contributed by atoms with Crippen molar-refractivity contribution in [3.8, 4) is 5.69 Å². The van der Waals surface area contributed by atoms with Crippen molar-refractivity contribution in [2.24, 2.45) is 0 Å². The summed E-state index contributed by atoms with van der Waals surface area (Å²) >= 11 is 3.49. The van der Waals surface area contributed by atoms with Gasteiger partial charge in [-0.15, -0.1) is 0 Å². The molecule has 0 unspecified atom stereocenters. The number of carboxylic acids is 1. The molecule has 1 aliphatic rings. The molecule has 1 saturated carbocycles. The van der Waals surface area contributed by atoms with E-state index in [0.717, 1.165) is 21.5 Å². The number of rotatable bonds is 4. The van der Waals surface area contributed by atoms with E-state index in [9.17, 15) is 9.59 Å². The van der Waals surface area contributed by atoms with E-state index in [1.807, 2.05) is 13.8 Å². The molecule has 3 rings (SSSR count). The number of aliphatic carboxylic acids is 1. The molecule has 1 aromatic heterocycles. The highest BCUT2D eigenvalue weighted by molar-refractivity contribution is 9.10. The number of nitrogens with zero attached hydrogens (tertiary/aromatic N) is 2. The molecule has 1 heterocycles. The summed E-state index contributed by atoms with van der Waals surface area (Å²) in [6.07, 6.45) is 0.956. The molecule has 1 fully saturated rings. The van der Waals surface area contributed by atoms with Gasteiger partial charge >= 0.3 is 5.97 Å². The van der Waals surface area contributed by atoms with Gasteiger partial charge in [-0.1, -0.05) is 0 Å². The number of halogens is 1.